The Balaban J connectivity index is 1.74. The number of nitrogens with zero attached hydrogens (tertiary/aromatic N) is 1. The molecule has 0 saturated carbocycles. The van der Waals surface area contributed by atoms with Gasteiger partial charge in [0.2, 0.25) is 11.8 Å². The summed E-state index contributed by atoms with van der Waals surface area (Å²) in [5, 5.41) is 3.10. The average Bonchev–Trinajstić information content (AvgIpc) is 3.00. The quantitative estimate of drug-likeness (QED) is 0.792. The number of anilines is 1. The summed E-state index contributed by atoms with van der Waals surface area (Å²) in [6.07, 6.45) is 1.33. The van der Waals surface area contributed by atoms with Crippen LogP contribution in [-0.2, 0) is 9.59 Å². The van der Waals surface area contributed by atoms with Crippen molar-refractivity contribution in [2.75, 3.05) is 4.90 Å². The van der Waals surface area contributed by atoms with Crippen LogP contribution in [0, 0.1) is 5.92 Å². The molecule has 1 heterocycles. The Hall–Kier alpha value is -2.95. The summed E-state index contributed by atoms with van der Waals surface area (Å²) < 4.78 is 0. The second-order valence-corrected chi connectivity index (χ2v) is 7.24. The Bertz CT molecular complexity index is 812. The monoisotopic (exact) mass is 364 g/mol. The summed E-state index contributed by atoms with van der Waals surface area (Å²) in [5.41, 5.74) is 2.09. The number of carbonyl (C=O) groups excluding carboxylic acids is 3. The van der Waals surface area contributed by atoms with Gasteiger partial charge in [0.05, 0.1) is 11.7 Å². The largest absolute Gasteiger partial charge is 0.345 e. The highest BCUT2D eigenvalue weighted by Crippen LogP contribution is 2.24. The number of rotatable bonds is 6. The van der Waals surface area contributed by atoms with Crippen molar-refractivity contribution in [1.29, 1.82) is 0 Å². The van der Waals surface area contributed by atoms with Crippen LogP contribution in [0.2, 0.25) is 0 Å². The summed E-state index contributed by atoms with van der Waals surface area (Å²) in [6, 6.07) is 16.5. The van der Waals surface area contributed by atoms with Crippen LogP contribution in [0.5, 0.6) is 0 Å². The molecule has 1 unspecified atom stereocenters. The van der Waals surface area contributed by atoms with Crippen molar-refractivity contribution in [1.82, 2.24) is 5.32 Å². The van der Waals surface area contributed by atoms with Gasteiger partial charge in [0.1, 0.15) is 0 Å². The molecule has 1 atom stereocenters. The van der Waals surface area contributed by atoms with Gasteiger partial charge >= 0.3 is 0 Å². The lowest BCUT2D eigenvalue weighted by Crippen LogP contribution is -2.30. The van der Waals surface area contributed by atoms with E-state index in [1.54, 1.807) is 24.3 Å². The summed E-state index contributed by atoms with van der Waals surface area (Å²) in [4.78, 5) is 37.6. The molecule has 1 aliphatic rings. The van der Waals surface area contributed by atoms with Crippen molar-refractivity contribution in [3.8, 4) is 0 Å². The molecule has 1 aliphatic heterocycles. The highest BCUT2D eigenvalue weighted by Gasteiger charge is 2.30. The summed E-state index contributed by atoms with van der Waals surface area (Å²) in [5.74, 6) is -0.128. The Morgan fingerprint density at radius 1 is 0.963 bits per heavy atom. The molecular weight excluding hydrogens is 340 g/mol. The fourth-order valence-electron chi connectivity index (χ4n) is 3.30. The molecule has 27 heavy (non-hydrogen) atoms. The van der Waals surface area contributed by atoms with Gasteiger partial charge in [0.25, 0.3) is 5.91 Å². The van der Waals surface area contributed by atoms with E-state index in [0.29, 0.717) is 17.2 Å². The molecule has 0 spiro atoms. The minimum atomic E-state index is -0.196. The molecule has 3 amide bonds. The van der Waals surface area contributed by atoms with Gasteiger partial charge in [0.15, 0.2) is 0 Å². The van der Waals surface area contributed by atoms with E-state index in [4.69, 9.17) is 0 Å². The minimum Gasteiger partial charge on any atom is -0.345 e. The molecule has 5 nitrogen and oxygen atoms in total. The van der Waals surface area contributed by atoms with Crippen molar-refractivity contribution < 1.29 is 14.4 Å². The molecule has 0 bridgehead atoms. The summed E-state index contributed by atoms with van der Waals surface area (Å²) in [7, 11) is 0. The molecule has 1 saturated heterocycles. The first-order chi connectivity index (χ1) is 13.0. The molecule has 3 rings (SSSR count). The maximum Gasteiger partial charge on any atom is 0.251 e. The Labute approximate surface area is 159 Å². The van der Waals surface area contributed by atoms with E-state index in [9.17, 15) is 14.4 Å². The molecule has 2 aromatic carbocycles. The molecule has 2 aromatic rings. The van der Waals surface area contributed by atoms with Crippen molar-refractivity contribution in [2.45, 2.75) is 39.2 Å². The molecule has 0 aromatic heterocycles. The van der Waals surface area contributed by atoms with Gasteiger partial charge < -0.3 is 5.32 Å². The van der Waals surface area contributed by atoms with Gasteiger partial charge in [-0.3, -0.25) is 19.3 Å². The van der Waals surface area contributed by atoms with Gasteiger partial charge in [-0.05, 0) is 42.2 Å². The van der Waals surface area contributed by atoms with Gasteiger partial charge in [-0.15, -0.1) is 0 Å². The number of carbonyl (C=O) groups is 3. The molecule has 1 fully saturated rings. The number of benzene rings is 2. The Morgan fingerprint density at radius 3 is 2.11 bits per heavy atom. The van der Waals surface area contributed by atoms with E-state index in [-0.39, 0.29) is 36.6 Å². The molecule has 5 heteroatoms. The average molecular weight is 364 g/mol. The van der Waals surface area contributed by atoms with E-state index >= 15 is 0 Å². The zero-order valence-corrected chi connectivity index (χ0v) is 15.6. The highest BCUT2D eigenvalue weighted by molar-refractivity contribution is 6.19. The molecule has 0 aliphatic carbocycles. The normalized spacial score (nSPS) is 15.3. The van der Waals surface area contributed by atoms with Gasteiger partial charge in [-0.2, -0.15) is 0 Å². The number of imide groups is 1. The van der Waals surface area contributed by atoms with E-state index < -0.39 is 0 Å². The molecular formula is C22H24N2O3. The van der Waals surface area contributed by atoms with Crippen molar-refractivity contribution >= 4 is 23.4 Å². The van der Waals surface area contributed by atoms with Crippen LogP contribution in [0.1, 0.15) is 55.1 Å². The maximum absolute atomic E-state index is 12.7. The van der Waals surface area contributed by atoms with Crippen molar-refractivity contribution in [3.63, 3.8) is 0 Å². The van der Waals surface area contributed by atoms with Crippen LogP contribution in [-0.4, -0.2) is 17.7 Å². The van der Waals surface area contributed by atoms with Crippen LogP contribution in [0.25, 0.3) is 0 Å². The van der Waals surface area contributed by atoms with Crippen LogP contribution in [0.4, 0.5) is 5.69 Å². The second-order valence-electron chi connectivity index (χ2n) is 7.24. The number of nitrogens with one attached hydrogen (secondary N) is 1. The van der Waals surface area contributed by atoms with Crippen molar-refractivity contribution in [3.05, 3.63) is 65.7 Å². The van der Waals surface area contributed by atoms with Crippen LogP contribution < -0.4 is 10.2 Å². The molecule has 0 radical (unpaired) electrons. The second kappa shape index (κ2) is 8.16. The number of hydrogen-bond donors (Lipinski definition) is 1. The van der Waals surface area contributed by atoms with Crippen LogP contribution in [0.15, 0.2) is 54.6 Å². The van der Waals surface area contributed by atoms with E-state index in [1.807, 2.05) is 30.3 Å². The third-order valence-corrected chi connectivity index (χ3v) is 4.65. The minimum absolute atomic E-state index is 0.0693. The third kappa shape index (κ3) is 4.42. The van der Waals surface area contributed by atoms with E-state index in [0.717, 1.165) is 12.0 Å². The van der Waals surface area contributed by atoms with Crippen LogP contribution >= 0.6 is 0 Å². The fraction of sp³-hybridized carbons (Fsp3) is 0.318. The third-order valence-electron chi connectivity index (χ3n) is 4.65. The van der Waals surface area contributed by atoms with Gasteiger partial charge in [-0.1, -0.05) is 44.2 Å². The van der Waals surface area contributed by atoms with E-state index in [2.05, 4.69) is 19.2 Å². The number of amides is 3. The smallest absolute Gasteiger partial charge is 0.251 e. The Kier molecular flexibility index (Phi) is 5.69. The first kappa shape index (κ1) is 18.8. The van der Waals surface area contributed by atoms with Gasteiger partial charge in [-0.25, -0.2) is 0 Å². The first-order valence-electron chi connectivity index (χ1n) is 9.27. The summed E-state index contributed by atoms with van der Waals surface area (Å²) >= 11 is 0. The highest BCUT2D eigenvalue weighted by atomic mass is 16.2. The topological polar surface area (TPSA) is 66.5 Å². The Morgan fingerprint density at radius 2 is 1.56 bits per heavy atom. The zero-order chi connectivity index (χ0) is 19.4. The fourth-order valence-corrected chi connectivity index (χ4v) is 3.30. The number of hydrogen-bond acceptors (Lipinski definition) is 3. The SMILES string of the molecule is CC(C)CC(NC(=O)c1ccc(N2C(=O)CCC2=O)cc1)c1ccccc1. The molecule has 140 valence electrons. The zero-order valence-electron chi connectivity index (χ0n) is 15.6. The van der Waals surface area contributed by atoms with E-state index in [1.165, 1.54) is 4.90 Å². The first-order valence-corrected chi connectivity index (χ1v) is 9.27. The van der Waals surface area contributed by atoms with Gasteiger partial charge in [0, 0.05) is 18.4 Å². The van der Waals surface area contributed by atoms with Crippen LogP contribution in [0.3, 0.4) is 0 Å². The lowest BCUT2D eigenvalue weighted by Gasteiger charge is -2.21. The molecule has 1 N–H and O–H groups in total. The van der Waals surface area contributed by atoms with Crippen molar-refractivity contribution in [2.24, 2.45) is 5.92 Å². The standard InChI is InChI=1S/C22H24N2O3/c1-15(2)14-19(16-6-4-3-5-7-16)23-22(27)17-8-10-18(11-9-17)24-20(25)12-13-21(24)26/h3-11,15,19H,12-14H2,1-2H3,(H,23,27). The lowest BCUT2D eigenvalue weighted by atomic mass is 9.96. The predicted molar refractivity (Wildman–Crippen MR) is 104 cm³/mol. The predicted octanol–water partition coefficient (Wildman–Crippen LogP) is 3.86. The summed E-state index contributed by atoms with van der Waals surface area (Å²) in [6.45, 7) is 4.25. The maximum atomic E-state index is 12.7. The lowest BCUT2D eigenvalue weighted by molar-refractivity contribution is -0.121.